The van der Waals surface area contributed by atoms with Crippen LogP contribution in [0.5, 0.6) is 0 Å². The number of amides is 3. The number of halogens is 2. The molecular formula is C35H39F2N5O2. The Morgan fingerprint density at radius 2 is 1.61 bits per heavy atom. The minimum Gasteiger partial charge on any atom is -0.342 e. The van der Waals surface area contributed by atoms with E-state index >= 15 is 0 Å². The smallest absolute Gasteiger partial charge is 0.324 e. The highest BCUT2D eigenvalue weighted by atomic mass is 19.1. The quantitative estimate of drug-likeness (QED) is 0.232. The molecule has 1 fully saturated rings. The predicted molar refractivity (Wildman–Crippen MR) is 169 cm³/mol. The highest BCUT2D eigenvalue weighted by molar-refractivity contribution is 6.00. The molecule has 0 spiro atoms. The van der Waals surface area contributed by atoms with Gasteiger partial charge >= 0.3 is 6.03 Å². The number of aryl methyl sites for hydroxylation is 1. The second kappa shape index (κ2) is 13.0. The lowest BCUT2D eigenvalue weighted by Gasteiger charge is -2.32. The van der Waals surface area contributed by atoms with Gasteiger partial charge in [0.1, 0.15) is 17.5 Å². The Hall–Kier alpha value is -4.53. The Bertz CT molecular complexity index is 1630. The van der Waals surface area contributed by atoms with E-state index in [4.69, 9.17) is 5.10 Å². The molecule has 0 atom stereocenters. The Kier molecular flexibility index (Phi) is 9.13. The zero-order valence-corrected chi connectivity index (χ0v) is 25.7. The van der Waals surface area contributed by atoms with E-state index in [2.05, 4.69) is 31.4 Å². The van der Waals surface area contributed by atoms with Crippen molar-refractivity contribution < 1.29 is 18.4 Å². The van der Waals surface area contributed by atoms with E-state index in [0.29, 0.717) is 24.8 Å². The molecule has 1 aliphatic rings. The maximum Gasteiger partial charge on any atom is 0.324 e. The van der Waals surface area contributed by atoms with Crippen molar-refractivity contribution in [2.75, 3.05) is 23.7 Å². The van der Waals surface area contributed by atoms with Crippen LogP contribution < -0.4 is 10.6 Å². The second-order valence-electron chi connectivity index (χ2n) is 12.6. The molecule has 3 amide bonds. The van der Waals surface area contributed by atoms with Gasteiger partial charge in [-0.15, -0.1) is 0 Å². The summed E-state index contributed by atoms with van der Waals surface area (Å²) in [5.74, 6) is -0.616. The summed E-state index contributed by atoms with van der Waals surface area (Å²) in [6.45, 7) is 9.42. The first kappa shape index (κ1) is 30.9. The van der Waals surface area contributed by atoms with Crippen LogP contribution in [0.3, 0.4) is 0 Å². The van der Waals surface area contributed by atoms with Crippen LogP contribution in [0, 0.1) is 24.5 Å². The lowest BCUT2D eigenvalue weighted by Crippen LogP contribution is -2.39. The zero-order chi connectivity index (χ0) is 31.4. The molecule has 1 aromatic heterocycles. The number of hydrogen-bond donors (Lipinski definition) is 2. The SMILES string of the molecule is Cc1ccc(-n2nc(C(C)(C)C)cc2NC(=O)Nc2ccccc2CC2CCN(C(=O)Cc3ccc(F)cc3F)CC2)cc1. The van der Waals surface area contributed by atoms with E-state index in [9.17, 15) is 18.4 Å². The van der Waals surface area contributed by atoms with Gasteiger partial charge in [-0.05, 0) is 67.5 Å². The molecule has 2 N–H and O–H groups in total. The maximum absolute atomic E-state index is 14.0. The Labute approximate surface area is 257 Å². The number of carbonyl (C=O) groups is 2. The summed E-state index contributed by atoms with van der Waals surface area (Å²) in [7, 11) is 0. The fourth-order valence-electron chi connectivity index (χ4n) is 5.45. The average Bonchev–Trinajstić information content (AvgIpc) is 3.40. The number of rotatable bonds is 7. The lowest BCUT2D eigenvalue weighted by atomic mass is 9.89. The summed E-state index contributed by atoms with van der Waals surface area (Å²) in [4.78, 5) is 27.8. The summed E-state index contributed by atoms with van der Waals surface area (Å²) in [5, 5.41) is 10.8. The van der Waals surface area contributed by atoms with E-state index in [0.717, 1.165) is 53.5 Å². The van der Waals surface area contributed by atoms with Crippen LogP contribution in [0.25, 0.3) is 5.69 Å². The summed E-state index contributed by atoms with van der Waals surface area (Å²) in [5.41, 5.74) is 4.60. The molecule has 7 nitrogen and oxygen atoms in total. The second-order valence-corrected chi connectivity index (χ2v) is 12.6. The molecule has 0 unspecified atom stereocenters. The summed E-state index contributed by atoms with van der Waals surface area (Å²) >= 11 is 0. The summed E-state index contributed by atoms with van der Waals surface area (Å²) < 4.78 is 29.0. The molecule has 5 rings (SSSR count). The van der Waals surface area contributed by atoms with Crippen molar-refractivity contribution >= 4 is 23.4 Å². The van der Waals surface area contributed by atoms with E-state index in [1.54, 1.807) is 9.58 Å². The number of anilines is 2. The van der Waals surface area contributed by atoms with E-state index in [-0.39, 0.29) is 29.3 Å². The van der Waals surface area contributed by atoms with Crippen LogP contribution >= 0.6 is 0 Å². The highest BCUT2D eigenvalue weighted by Gasteiger charge is 2.25. The standard InChI is InChI=1S/C35H39F2N5O2/c1-23-9-13-28(14-10-23)42-32(22-31(40-42)35(2,3)4)39-34(44)38-30-8-6-5-7-26(30)19-24-15-17-41(18-16-24)33(43)20-25-11-12-27(36)21-29(25)37/h5-14,21-22,24H,15-20H2,1-4H3,(H2,38,39,44). The molecule has 230 valence electrons. The molecule has 0 aliphatic carbocycles. The van der Waals surface area contributed by atoms with E-state index < -0.39 is 11.6 Å². The molecule has 0 saturated carbocycles. The molecule has 1 saturated heterocycles. The normalized spacial score (nSPS) is 14.0. The third kappa shape index (κ3) is 7.51. The van der Waals surface area contributed by atoms with Gasteiger partial charge in [-0.2, -0.15) is 5.10 Å². The van der Waals surface area contributed by atoms with Crippen LogP contribution in [0.1, 0.15) is 56.0 Å². The first-order chi connectivity index (χ1) is 21.0. The summed E-state index contributed by atoms with van der Waals surface area (Å²) in [6, 6.07) is 20.6. The van der Waals surface area contributed by atoms with E-state index in [1.807, 2.05) is 61.5 Å². The zero-order valence-electron chi connectivity index (χ0n) is 25.7. The first-order valence-corrected chi connectivity index (χ1v) is 15.0. The minimum absolute atomic E-state index is 0.0846. The maximum atomic E-state index is 14.0. The number of nitrogens with zero attached hydrogens (tertiary/aromatic N) is 3. The monoisotopic (exact) mass is 599 g/mol. The molecule has 1 aliphatic heterocycles. The fraction of sp³-hybridized carbons (Fsp3) is 0.343. The summed E-state index contributed by atoms with van der Waals surface area (Å²) in [6.07, 6.45) is 2.26. The van der Waals surface area contributed by atoms with Gasteiger partial charge in [-0.1, -0.05) is 62.7 Å². The van der Waals surface area contributed by atoms with Crippen molar-refractivity contribution in [3.05, 3.63) is 107 Å². The molecule has 2 heterocycles. The van der Waals surface area contributed by atoms with Crippen molar-refractivity contribution in [1.29, 1.82) is 0 Å². The third-order valence-electron chi connectivity index (χ3n) is 8.10. The molecule has 4 aromatic rings. The van der Waals surface area contributed by atoms with Crippen LogP contribution in [-0.4, -0.2) is 39.7 Å². The number of piperidine rings is 1. The van der Waals surface area contributed by atoms with Crippen molar-refractivity contribution in [1.82, 2.24) is 14.7 Å². The molecule has 0 bridgehead atoms. The molecular weight excluding hydrogens is 560 g/mol. The topological polar surface area (TPSA) is 79.3 Å². The van der Waals surface area contributed by atoms with Crippen LogP contribution in [-0.2, 0) is 23.1 Å². The Balaban J connectivity index is 1.21. The Morgan fingerprint density at radius 1 is 0.909 bits per heavy atom. The van der Waals surface area contributed by atoms with Crippen LogP contribution in [0.4, 0.5) is 25.1 Å². The third-order valence-corrected chi connectivity index (χ3v) is 8.10. The fourth-order valence-corrected chi connectivity index (χ4v) is 5.45. The molecule has 0 radical (unpaired) electrons. The predicted octanol–water partition coefficient (Wildman–Crippen LogP) is 7.42. The first-order valence-electron chi connectivity index (χ1n) is 15.0. The highest BCUT2D eigenvalue weighted by Crippen LogP contribution is 2.28. The number of benzene rings is 3. The average molecular weight is 600 g/mol. The van der Waals surface area contributed by atoms with Gasteiger partial charge < -0.3 is 10.2 Å². The number of para-hydroxylation sites is 1. The van der Waals surface area contributed by atoms with Crippen molar-refractivity contribution in [2.24, 2.45) is 5.92 Å². The Morgan fingerprint density at radius 3 is 2.30 bits per heavy atom. The van der Waals surface area contributed by atoms with Gasteiger partial charge in [-0.25, -0.2) is 18.3 Å². The van der Waals surface area contributed by atoms with Gasteiger partial charge in [0.2, 0.25) is 5.91 Å². The number of carbonyl (C=O) groups excluding carboxylic acids is 2. The van der Waals surface area contributed by atoms with Crippen molar-refractivity contribution in [3.63, 3.8) is 0 Å². The molecule has 3 aromatic carbocycles. The molecule has 9 heteroatoms. The van der Waals surface area contributed by atoms with Crippen molar-refractivity contribution in [3.8, 4) is 5.69 Å². The number of aromatic nitrogens is 2. The number of likely N-dealkylation sites (tertiary alicyclic amines) is 1. The van der Waals surface area contributed by atoms with Gasteiger partial charge in [0.25, 0.3) is 0 Å². The van der Waals surface area contributed by atoms with Crippen molar-refractivity contribution in [2.45, 2.75) is 58.8 Å². The van der Waals surface area contributed by atoms with E-state index in [1.165, 1.54) is 12.1 Å². The minimum atomic E-state index is -0.698. The number of nitrogens with one attached hydrogen (secondary N) is 2. The van der Waals surface area contributed by atoms with Gasteiger partial charge in [-0.3, -0.25) is 10.1 Å². The van der Waals surface area contributed by atoms with Crippen LogP contribution in [0.2, 0.25) is 0 Å². The lowest BCUT2D eigenvalue weighted by molar-refractivity contribution is -0.131. The van der Waals surface area contributed by atoms with Gasteiger partial charge in [0, 0.05) is 36.3 Å². The largest absolute Gasteiger partial charge is 0.342 e. The van der Waals surface area contributed by atoms with Gasteiger partial charge in [0.15, 0.2) is 0 Å². The van der Waals surface area contributed by atoms with Crippen LogP contribution in [0.15, 0.2) is 72.8 Å². The number of urea groups is 1. The van der Waals surface area contributed by atoms with Gasteiger partial charge in [0.05, 0.1) is 17.8 Å². The number of hydrogen-bond acceptors (Lipinski definition) is 3. The molecule has 44 heavy (non-hydrogen) atoms.